The number of nitrogens with two attached hydrogens (primary N) is 1. The number of hydrogen-bond donors (Lipinski definition) is 1. The molecule has 0 aliphatic rings. The van der Waals surface area contributed by atoms with E-state index in [0.717, 1.165) is 10.9 Å². The standard InChI is InChI=1S/C20H16N2O/c21-20(23)18-13-22(19-8-4-3-7-17(18)19)12-14-9-10-15-5-1-2-6-16(15)11-14/h1-11,13H,12H2,(H2,21,23). The van der Waals surface area contributed by atoms with Crippen molar-refractivity contribution in [1.82, 2.24) is 4.57 Å². The van der Waals surface area contributed by atoms with Crippen LogP contribution in [-0.2, 0) is 6.54 Å². The number of aromatic nitrogens is 1. The summed E-state index contributed by atoms with van der Waals surface area (Å²) in [5.41, 5.74) is 8.30. The first-order valence-electron chi connectivity index (χ1n) is 7.58. The van der Waals surface area contributed by atoms with Crippen molar-refractivity contribution < 1.29 is 4.79 Å². The van der Waals surface area contributed by atoms with Gasteiger partial charge in [-0.1, -0.05) is 54.6 Å². The lowest BCUT2D eigenvalue weighted by Gasteiger charge is -2.07. The summed E-state index contributed by atoms with van der Waals surface area (Å²) in [6.07, 6.45) is 1.85. The molecule has 0 fully saturated rings. The predicted octanol–water partition coefficient (Wildman–Crippen LogP) is 3.94. The summed E-state index contributed by atoms with van der Waals surface area (Å²) in [6.45, 7) is 0.707. The highest BCUT2D eigenvalue weighted by atomic mass is 16.1. The zero-order valence-electron chi connectivity index (χ0n) is 12.6. The van der Waals surface area contributed by atoms with E-state index >= 15 is 0 Å². The molecule has 0 unspecified atom stereocenters. The molecule has 23 heavy (non-hydrogen) atoms. The Morgan fingerprint density at radius 3 is 2.48 bits per heavy atom. The SMILES string of the molecule is NC(=O)c1cn(Cc2ccc3ccccc3c2)c2ccccc12. The maximum absolute atomic E-state index is 11.7. The first-order valence-corrected chi connectivity index (χ1v) is 7.58. The molecule has 3 nitrogen and oxygen atoms in total. The van der Waals surface area contributed by atoms with Crippen LogP contribution in [0.5, 0.6) is 0 Å². The molecule has 0 radical (unpaired) electrons. The van der Waals surface area contributed by atoms with E-state index in [2.05, 4.69) is 34.9 Å². The van der Waals surface area contributed by atoms with Crippen LogP contribution in [0.4, 0.5) is 0 Å². The quantitative estimate of drug-likeness (QED) is 0.612. The van der Waals surface area contributed by atoms with Crippen LogP contribution in [0, 0.1) is 0 Å². The van der Waals surface area contributed by atoms with Gasteiger partial charge in [-0.2, -0.15) is 0 Å². The molecule has 2 N–H and O–H groups in total. The van der Waals surface area contributed by atoms with Gasteiger partial charge in [0, 0.05) is 23.6 Å². The van der Waals surface area contributed by atoms with Crippen LogP contribution in [0.15, 0.2) is 72.9 Å². The molecular weight excluding hydrogens is 284 g/mol. The Morgan fingerprint density at radius 1 is 0.913 bits per heavy atom. The van der Waals surface area contributed by atoms with Crippen molar-refractivity contribution in [1.29, 1.82) is 0 Å². The number of para-hydroxylation sites is 1. The number of nitrogens with zero attached hydrogens (tertiary/aromatic N) is 1. The normalized spacial score (nSPS) is 11.1. The van der Waals surface area contributed by atoms with E-state index in [9.17, 15) is 4.79 Å². The fourth-order valence-electron chi connectivity index (χ4n) is 3.11. The molecule has 0 aliphatic heterocycles. The van der Waals surface area contributed by atoms with Crippen molar-refractivity contribution in [3.05, 3.63) is 84.1 Å². The van der Waals surface area contributed by atoms with Crippen LogP contribution in [0.2, 0.25) is 0 Å². The lowest BCUT2D eigenvalue weighted by atomic mass is 10.1. The van der Waals surface area contributed by atoms with Crippen LogP contribution < -0.4 is 5.73 Å². The van der Waals surface area contributed by atoms with Crippen LogP contribution >= 0.6 is 0 Å². The van der Waals surface area contributed by atoms with Gasteiger partial charge in [-0.15, -0.1) is 0 Å². The van der Waals surface area contributed by atoms with Crippen LogP contribution in [0.1, 0.15) is 15.9 Å². The Hall–Kier alpha value is -3.07. The van der Waals surface area contributed by atoms with Crippen LogP contribution in [0.25, 0.3) is 21.7 Å². The van der Waals surface area contributed by atoms with E-state index in [1.54, 1.807) is 0 Å². The fourth-order valence-corrected chi connectivity index (χ4v) is 3.11. The first kappa shape index (κ1) is 13.6. The summed E-state index contributed by atoms with van der Waals surface area (Å²) in [6, 6.07) is 22.6. The molecule has 0 atom stereocenters. The summed E-state index contributed by atoms with van der Waals surface area (Å²) in [7, 11) is 0. The lowest BCUT2D eigenvalue weighted by molar-refractivity contribution is 0.100. The van der Waals surface area contributed by atoms with Gasteiger partial charge in [-0.3, -0.25) is 4.79 Å². The van der Waals surface area contributed by atoms with Gasteiger partial charge in [0.25, 0.3) is 5.91 Å². The van der Waals surface area contributed by atoms with Gasteiger partial charge in [0.2, 0.25) is 0 Å². The van der Waals surface area contributed by atoms with Crippen molar-refractivity contribution in [2.24, 2.45) is 5.73 Å². The van der Waals surface area contributed by atoms with E-state index in [1.807, 2.05) is 42.6 Å². The molecule has 0 saturated heterocycles. The first-order chi connectivity index (χ1) is 11.2. The summed E-state index contributed by atoms with van der Waals surface area (Å²) >= 11 is 0. The molecule has 3 aromatic carbocycles. The van der Waals surface area contributed by atoms with Crippen LogP contribution in [-0.4, -0.2) is 10.5 Å². The maximum Gasteiger partial charge on any atom is 0.250 e. The molecule has 112 valence electrons. The largest absolute Gasteiger partial charge is 0.366 e. The van der Waals surface area contributed by atoms with Gasteiger partial charge in [-0.05, 0) is 28.5 Å². The highest BCUT2D eigenvalue weighted by Crippen LogP contribution is 2.23. The monoisotopic (exact) mass is 300 g/mol. The number of rotatable bonds is 3. The van der Waals surface area contributed by atoms with Crippen molar-refractivity contribution in [3.8, 4) is 0 Å². The maximum atomic E-state index is 11.7. The minimum absolute atomic E-state index is 0.390. The number of benzene rings is 3. The molecule has 3 heteroatoms. The Labute approximate surface area is 134 Å². The highest BCUT2D eigenvalue weighted by Gasteiger charge is 2.12. The smallest absolute Gasteiger partial charge is 0.250 e. The zero-order chi connectivity index (χ0) is 15.8. The summed E-state index contributed by atoms with van der Waals surface area (Å²) in [5, 5.41) is 3.35. The van der Waals surface area contributed by atoms with E-state index in [0.29, 0.717) is 12.1 Å². The third-order valence-corrected chi connectivity index (χ3v) is 4.22. The molecule has 1 heterocycles. The van der Waals surface area contributed by atoms with E-state index < -0.39 is 5.91 Å². The van der Waals surface area contributed by atoms with E-state index in [-0.39, 0.29) is 0 Å². The minimum Gasteiger partial charge on any atom is -0.366 e. The van der Waals surface area contributed by atoms with Gasteiger partial charge in [0.1, 0.15) is 0 Å². The summed E-state index contributed by atoms with van der Waals surface area (Å²) in [4.78, 5) is 11.7. The van der Waals surface area contributed by atoms with Gasteiger partial charge in [0.05, 0.1) is 5.56 Å². The number of fused-ring (bicyclic) bond motifs is 2. The molecule has 1 amide bonds. The molecule has 0 spiro atoms. The Kier molecular flexibility index (Phi) is 3.12. The third-order valence-electron chi connectivity index (χ3n) is 4.22. The molecule has 1 aromatic heterocycles. The molecule has 0 aliphatic carbocycles. The zero-order valence-corrected chi connectivity index (χ0v) is 12.6. The van der Waals surface area contributed by atoms with E-state index in [1.165, 1.54) is 16.3 Å². The number of primary amides is 1. The molecular formula is C20H16N2O. The second kappa shape index (κ2) is 5.29. The molecule has 4 aromatic rings. The Morgan fingerprint density at radius 2 is 1.65 bits per heavy atom. The van der Waals surface area contributed by atoms with Crippen molar-refractivity contribution in [3.63, 3.8) is 0 Å². The van der Waals surface area contributed by atoms with Gasteiger partial charge in [-0.25, -0.2) is 0 Å². The molecule has 4 rings (SSSR count). The molecule has 0 saturated carbocycles. The summed E-state index contributed by atoms with van der Waals surface area (Å²) < 4.78 is 2.08. The van der Waals surface area contributed by atoms with Gasteiger partial charge in [0.15, 0.2) is 0 Å². The lowest BCUT2D eigenvalue weighted by Crippen LogP contribution is -2.10. The average Bonchev–Trinajstić information content (AvgIpc) is 2.94. The second-order valence-corrected chi connectivity index (χ2v) is 5.73. The topological polar surface area (TPSA) is 48.0 Å². The van der Waals surface area contributed by atoms with Gasteiger partial charge >= 0.3 is 0 Å². The Bertz CT molecular complexity index is 1030. The number of carbonyl (C=O) groups excluding carboxylic acids is 1. The van der Waals surface area contributed by atoms with Gasteiger partial charge < -0.3 is 10.3 Å². The molecule has 0 bridgehead atoms. The number of carbonyl (C=O) groups is 1. The third kappa shape index (κ3) is 2.36. The highest BCUT2D eigenvalue weighted by molar-refractivity contribution is 6.06. The predicted molar refractivity (Wildman–Crippen MR) is 93.5 cm³/mol. The van der Waals surface area contributed by atoms with Crippen molar-refractivity contribution in [2.75, 3.05) is 0 Å². The number of hydrogen-bond acceptors (Lipinski definition) is 1. The fraction of sp³-hybridized carbons (Fsp3) is 0.0500. The Balaban J connectivity index is 1.81. The van der Waals surface area contributed by atoms with Crippen molar-refractivity contribution >= 4 is 27.6 Å². The van der Waals surface area contributed by atoms with Crippen molar-refractivity contribution in [2.45, 2.75) is 6.54 Å². The second-order valence-electron chi connectivity index (χ2n) is 5.73. The van der Waals surface area contributed by atoms with Crippen LogP contribution in [0.3, 0.4) is 0 Å². The van der Waals surface area contributed by atoms with E-state index in [4.69, 9.17) is 5.73 Å². The average molecular weight is 300 g/mol. The number of amides is 1. The minimum atomic E-state index is -0.390. The summed E-state index contributed by atoms with van der Waals surface area (Å²) in [5.74, 6) is -0.390.